The summed E-state index contributed by atoms with van der Waals surface area (Å²) >= 11 is 5.12. The number of hydrogen-bond acceptors (Lipinski definition) is 3. The van der Waals surface area contributed by atoms with E-state index in [0.29, 0.717) is 18.2 Å². The number of carbonyl (C=O) groups excluding carboxylic acids is 2. The van der Waals surface area contributed by atoms with Gasteiger partial charge in [0.05, 0.1) is 6.54 Å². The molecule has 1 saturated carbocycles. The largest absolute Gasteiger partial charge is 0.352 e. The molecule has 0 unspecified atom stereocenters. The van der Waals surface area contributed by atoms with Crippen LogP contribution in [0.3, 0.4) is 0 Å². The summed E-state index contributed by atoms with van der Waals surface area (Å²) in [5.74, 6) is 0.642. The molecule has 6 heteroatoms. The third kappa shape index (κ3) is 5.71. The molecule has 1 aromatic rings. The molecule has 1 aromatic carbocycles. The molecule has 4 nitrogen and oxygen atoms in total. The molecule has 2 rings (SSSR count). The molecule has 21 heavy (non-hydrogen) atoms. The van der Waals surface area contributed by atoms with Crippen molar-refractivity contribution in [2.75, 3.05) is 19.3 Å². The summed E-state index contributed by atoms with van der Waals surface area (Å²) in [5, 5.41) is 2.88. The highest BCUT2D eigenvalue weighted by Crippen LogP contribution is 2.27. The SMILES string of the molecule is CN(CC(=O)NC1CC1)C(=O)CCSc1ccccc1Br. The zero-order valence-corrected chi connectivity index (χ0v) is 14.4. The average Bonchev–Trinajstić information content (AvgIpc) is 3.24. The Hall–Kier alpha value is -1.01. The molecule has 2 amide bonds. The molecule has 1 N–H and O–H groups in total. The van der Waals surface area contributed by atoms with Crippen molar-refractivity contribution in [3.63, 3.8) is 0 Å². The first kappa shape index (κ1) is 16.4. The van der Waals surface area contributed by atoms with Crippen molar-refractivity contribution in [3.05, 3.63) is 28.7 Å². The highest BCUT2D eigenvalue weighted by atomic mass is 79.9. The highest BCUT2D eigenvalue weighted by molar-refractivity contribution is 9.10. The Balaban J connectivity index is 1.68. The topological polar surface area (TPSA) is 49.4 Å². The Morgan fingerprint density at radius 2 is 2.10 bits per heavy atom. The van der Waals surface area contributed by atoms with Gasteiger partial charge in [-0.2, -0.15) is 0 Å². The zero-order chi connectivity index (χ0) is 15.2. The van der Waals surface area contributed by atoms with E-state index in [1.807, 2.05) is 24.3 Å². The van der Waals surface area contributed by atoms with Gasteiger partial charge in [0.1, 0.15) is 0 Å². The van der Waals surface area contributed by atoms with Crippen LogP contribution in [0.1, 0.15) is 19.3 Å². The summed E-state index contributed by atoms with van der Waals surface area (Å²) in [5.41, 5.74) is 0. The van der Waals surface area contributed by atoms with Crippen molar-refractivity contribution in [1.82, 2.24) is 10.2 Å². The van der Waals surface area contributed by atoms with Crippen LogP contribution in [0.4, 0.5) is 0 Å². The molecule has 114 valence electrons. The standard InChI is InChI=1S/C15H19BrN2O2S/c1-18(10-14(19)17-11-6-7-11)15(20)8-9-21-13-5-3-2-4-12(13)16/h2-5,11H,6-10H2,1H3,(H,17,19). The van der Waals surface area contributed by atoms with Crippen LogP contribution in [-0.2, 0) is 9.59 Å². The lowest BCUT2D eigenvalue weighted by Crippen LogP contribution is -2.39. The van der Waals surface area contributed by atoms with Crippen molar-refractivity contribution < 1.29 is 9.59 Å². The molecule has 0 aliphatic heterocycles. The Kier molecular flexibility index (Phi) is 6.11. The van der Waals surface area contributed by atoms with Gasteiger partial charge < -0.3 is 10.2 Å². The van der Waals surface area contributed by atoms with Crippen LogP contribution in [0.5, 0.6) is 0 Å². The second-order valence-electron chi connectivity index (χ2n) is 5.12. The van der Waals surface area contributed by atoms with Crippen LogP contribution in [0.25, 0.3) is 0 Å². The fraction of sp³-hybridized carbons (Fsp3) is 0.467. The Labute approximate surface area is 137 Å². The van der Waals surface area contributed by atoms with E-state index in [-0.39, 0.29) is 18.4 Å². The van der Waals surface area contributed by atoms with Gasteiger partial charge >= 0.3 is 0 Å². The molecule has 0 bridgehead atoms. The first-order valence-electron chi connectivity index (χ1n) is 6.97. The maximum atomic E-state index is 12.0. The Morgan fingerprint density at radius 1 is 1.38 bits per heavy atom. The smallest absolute Gasteiger partial charge is 0.239 e. The minimum absolute atomic E-state index is 0.000463. The van der Waals surface area contributed by atoms with E-state index in [0.717, 1.165) is 22.2 Å². The molecule has 0 atom stereocenters. The number of amides is 2. The van der Waals surface area contributed by atoms with E-state index in [4.69, 9.17) is 0 Å². The maximum absolute atomic E-state index is 12.0. The van der Waals surface area contributed by atoms with E-state index in [1.165, 1.54) is 4.90 Å². The molecule has 1 aliphatic rings. The Bertz CT molecular complexity index is 520. The second kappa shape index (κ2) is 7.84. The normalized spacial score (nSPS) is 13.8. The van der Waals surface area contributed by atoms with Crippen molar-refractivity contribution in [2.45, 2.75) is 30.2 Å². The average molecular weight is 371 g/mol. The molecule has 1 fully saturated rings. The van der Waals surface area contributed by atoms with Gasteiger partial charge in [0.25, 0.3) is 0 Å². The van der Waals surface area contributed by atoms with Crippen molar-refractivity contribution in [3.8, 4) is 0 Å². The quantitative estimate of drug-likeness (QED) is 0.750. The minimum atomic E-state index is -0.0631. The summed E-state index contributed by atoms with van der Waals surface area (Å²) in [6, 6.07) is 8.28. The fourth-order valence-corrected chi connectivity index (χ4v) is 3.31. The first-order chi connectivity index (χ1) is 10.1. The lowest BCUT2D eigenvalue weighted by atomic mass is 10.4. The van der Waals surface area contributed by atoms with Gasteiger partial charge in [0.15, 0.2) is 0 Å². The van der Waals surface area contributed by atoms with Crippen molar-refractivity contribution in [1.29, 1.82) is 0 Å². The minimum Gasteiger partial charge on any atom is -0.352 e. The summed E-state index contributed by atoms with van der Waals surface area (Å²) in [4.78, 5) is 26.2. The van der Waals surface area contributed by atoms with Crippen molar-refractivity contribution in [2.24, 2.45) is 0 Å². The van der Waals surface area contributed by atoms with Crippen LogP contribution in [-0.4, -0.2) is 42.1 Å². The Morgan fingerprint density at radius 3 is 2.76 bits per heavy atom. The molecule has 0 aromatic heterocycles. The molecule has 1 aliphatic carbocycles. The van der Waals surface area contributed by atoms with Crippen LogP contribution < -0.4 is 5.32 Å². The van der Waals surface area contributed by atoms with Crippen LogP contribution in [0.2, 0.25) is 0 Å². The van der Waals surface area contributed by atoms with Gasteiger partial charge in [0.2, 0.25) is 11.8 Å². The number of halogens is 1. The monoisotopic (exact) mass is 370 g/mol. The highest BCUT2D eigenvalue weighted by Gasteiger charge is 2.24. The zero-order valence-electron chi connectivity index (χ0n) is 12.0. The van der Waals surface area contributed by atoms with Crippen LogP contribution >= 0.6 is 27.7 Å². The fourth-order valence-electron chi connectivity index (χ4n) is 1.81. The number of likely N-dealkylation sites (N-methyl/N-ethyl adjacent to an activating group) is 1. The van der Waals surface area contributed by atoms with Gasteiger partial charge in [0, 0.05) is 34.6 Å². The molecular weight excluding hydrogens is 352 g/mol. The number of hydrogen-bond donors (Lipinski definition) is 1. The summed E-state index contributed by atoms with van der Waals surface area (Å²) < 4.78 is 1.04. The second-order valence-corrected chi connectivity index (χ2v) is 7.11. The number of benzene rings is 1. The third-order valence-corrected chi connectivity index (χ3v) is 5.19. The molecule has 0 radical (unpaired) electrons. The molecule has 0 saturated heterocycles. The van der Waals surface area contributed by atoms with Gasteiger partial charge in [-0.1, -0.05) is 12.1 Å². The number of nitrogens with zero attached hydrogens (tertiary/aromatic N) is 1. The van der Waals surface area contributed by atoms with E-state index >= 15 is 0 Å². The number of rotatable bonds is 7. The molecule has 0 heterocycles. The van der Waals surface area contributed by atoms with E-state index in [2.05, 4.69) is 21.2 Å². The number of nitrogens with one attached hydrogen (secondary N) is 1. The predicted octanol–water partition coefficient (Wildman–Crippen LogP) is 2.67. The maximum Gasteiger partial charge on any atom is 0.239 e. The van der Waals surface area contributed by atoms with Crippen LogP contribution in [0, 0.1) is 0 Å². The van der Waals surface area contributed by atoms with E-state index < -0.39 is 0 Å². The summed E-state index contributed by atoms with van der Waals surface area (Å²) in [6.07, 6.45) is 2.55. The van der Waals surface area contributed by atoms with Crippen LogP contribution in [0.15, 0.2) is 33.6 Å². The van der Waals surface area contributed by atoms with Gasteiger partial charge in [-0.15, -0.1) is 11.8 Å². The van der Waals surface area contributed by atoms with Crippen molar-refractivity contribution >= 4 is 39.5 Å². The lowest BCUT2D eigenvalue weighted by Gasteiger charge is -2.16. The van der Waals surface area contributed by atoms with E-state index in [1.54, 1.807) is 18.8 Å². The van der Waals surface area contributed by atoms with Gasteiger partial charge in [-0.05, 0) is 40.9 Å². The first-order valence-corrected chi connectivity index (χ1v) is 8.75. The molecular formula is C15H19BrN2O2S. The van der Waals surface area contributed by atoms with Gasteiger partial charge in [-0.3, -0.25) is 9.59 Å². The molecule has 0 spiro atoms. The lowest BCUT2D eigenvalue weighted by molar-refractivity contribution is -0.134. The third-order valence-electron chi connectivity index (χ3n) is 3.16. The summed E-state index contributed by atoms with van der Waals surface area (Å²) in [6.45, 7) is 0.148. The predicted molar refractivity (Wildman–Crippen MR) is 88.3 cm³/mol. The number of carbonyl (C=O) groups is 2. The summed E-state index contributed by atoms with van der Waals surface area (Å²) in [7, 11) is 1.68. The van der Waals surface area contributed by atoms with Gasteiger partial charge in [-0.25, -0.2) is 0 Å². The number of thioether (sulfide) groups is 1. The van der Waals surface area contributed by atoms with E-state index in [9.17, 15) is 9.59 Å².